The van der Waals surface area contributed by atoms with Crippen molar-refractivity contribution in [2.24, 2.45) is 0 Å². The molecule has 1 aliphatic rings. The van der Waals surface area contributed by atoms with Crippen LogP contribution in [-0.4, -0.2) is 71.7 Å². The molecule has 2 atom stereocenters. The quantitative estimate of drug-likeness (QED) is 0.667. The molecule has 118 valence electrons. The maximum Gasteiger partial charge on any atom is 0.320 e. The molecule has 2 N–H and O–H groups in total. The first-order valence-electron chi connectivity index (χ1n) is 7.93. The van der Waals surface area contributed by atoms with Crippen molar-refractivity contribution in [3.05, 3.63) is 0 Å². The van der Waals surface area contributed by atoms with Gasteiger partial charge in [0.1, 0.15) is 6.04 Å². The second-order valence-corrected chi connectivity index (χ2v) is 5.97. The van der Waals surface area contributed by atoms with Gasteiger partial charge < -0.3 is 15.3 Å². The Kier molecular flexibility index (Phi) is 7.48. The van der Waals surface area contributed by atoms with E-state index in [1.165, 1.54) is 6.42 Å². The molecular weight excluding hydrogens is 254 g/mol. The molecule has 0 aliphatic carbocycles. The first-order valence-corrected chi connectivity index (χ1v) is 7.93. The molecular formula is C15H31N3O2. The molecule has 5 heteroatoms. The molecule has 2 unspecified atom stereocenters. The summed E-state index contributed by atoms with van der Waals surface area (Å²) >= 11 is 0. The summed E-state index contributed by atoms with van der Waals surface area (Å²) < 4.78 is 0. The highest BCUT2D eigenvalue weighted by atomic mass is 16.4. The minimum atomic E-state index is -0.738. The number of rotatable bonds is 9. The van der Waals surface area contributed by atoms with Crippen molar-refractivity contribution in [3.8, 4) is 0 Å². The number of carboxylic acids is 1. The lowest BCUT2D eigenvalue weighted by Gasteiger charge is -2.26. The fourth-order valence-corrected chi connectivity index (χ4v) is 3.05. The third kappa shape index (κ3) is 5.38. The van der Waals surface area contributed by atoms with Crippen LogP contribution in [-0.2, 0) is 4.79 Å². The van der Waals surface area contributed by atoms with E-state index in [2.05, 4.69) is 29.0 Å². The smallest absolute Gasteiger partial charge is 0.320 e. The van der Waals surface area contributed by atoms with E-state index in [1.54, 1.807) is 0 Å². The number of carbonyl (C=O) groups is 1. The molecule has 1 rings (SSSR count). The van der Waals surface area contributed by atoms with Crippen LogP contribution in [0.5, 0.6) is 0 Å². The van der Waals surface area contributed by atoms with Crippen LogP contribution in [0.4, 0.5) is 0 Å². The molecule has 0 radical (unpaired) electrons. The molecule has 5 nitrogen and oxygen atoms in total. The molecule has 1 fully saturated rings. The third-order valence-corrected chi connectivity index (χ3v) is 4.14. The Morgan fingerprint density at radius 2 is 2.05 bits per heavy atom. The van der Waals surface area contributed by atoms with Crippen molar-refractivity contribution in [1.29, 1.82) is 0 Å². The molecule has 0 bridgehead atoms. The Morgan fingerprint density at radius 1 is 1.40 bits per heavy atom. The second-order valence-electron chi connectivity index (χ2n) is 5.97. The number of likely N-dealkylation sites (tertiary alicyclic amines) is 1. The summed E-state index contributed by atoms with van der Waals surface area (Å²) in [6, 6.07) is 0.423. The molecule has 0 saturated carbocycles. The number of hydrogen-bond donors (Lipinski definition) is 2. The van der Waals surface area contributed by atoms with Gasteiger partial charge in [-0.1, -0.05) is 27.7 Å². The average molecular weight is 285 g/mol. The lowest BCUT2D eigenvalue weighted by molar-refractivity contribution is -0.139. The lowest BCUT2D eigenvalue weighted by atomic mass is 10.2. The highest BCUT2D eigenvalue weighted by molar-refractivity contribution is 5.73. The van der Waals surface area contributed by atoms with Crippen LogP contribution in [0.3, 0.4) is 0 Å². The lowest BCUT2D eigenvalue weighted by Crippen LogP contribution is -2.43. The summed E-state index contributed by atoms with van der Waals surface area (Å²) in [6.45, 7) is 13.6. The second kappa shape index (κ2) is 8.60. The van der Waals surface area contributed by atoms with E-state index in [0.717, 1.165) is 32.7 Å². The largest absolute Gasteiger partial charge is 0.480 e. The van der Waals surface area contributed by atoms with Crippen molar-refractivity contribution >= 4 is 5.97 Å². The third-order valence-electron chi connectivity index (χ3n) is 4.14. The van der Waals surface area contributed by atoms with E-state index >= 15 is 0 Å². The van der Waals surface area contributed by atoms with Gasteiger partial charge in [0.05, 0.1) is 0 Å². The maximum absolute atomic E-state index is 11.2. The minimum absolute atomic E-state index is 0.207. The number of likely N-dealkylation sites (N-methyl/N-ethyl adjacent to an activating group) is 1. The topological polar surface area (TPSA) is 55.8 Å². The fraction of sp³-hybridized carbons (Fsp3) is 0.933. The van der Waals surface area contributed by atoms with Gasteiger partial charge in [-0.3, -0.25) is 9.69 Å². The van der Waals surface area contributed by atoms with Gasteiger partial charge in [0, 0.05) is 25.2 Å². The Labute approximate surface area is 123 Å². The van der Waals surface area contributed by atoms with E-state index in [1.807, 2.05) is 13.8 Å². The molecule has 20 heavy (non-hydrogen) atoms. The Bertz CT molecular complexity index is 293. The highest BCUT2D eigenvalue weighted by Crippen LogP contribution is 2.16. The van der Waals surface area contributed by atoms with Gasteiger partial charge >= 0.3 is 5.97 Å². The van der Waals surface area contributed by atoms with Crippen molar-refractivity contribution in [1.82, 2.24) is 15.1 Å². The predicted molar refractivity (Wildman–Crippen MR) is 82.1 cm³/mol. The van der Waals surface area contributed by atoms with Crippen molar-refractivity contribution in [2.75, 3.05) is 32.7 Å². The van der Waals surface area contributed by atoms with Crippen LogP contribution in [0.15, 0.2) is 0 Å². The molecule has 0 aromatic rings. The van der Waals surface area contributed by atoms with Crippen LogP contribution in [0.25, 0.3) is 0 Å². The summed E-state index contributed by atoms with van der Waals surface area (Å²) in [5.74, 6) is -0.738. The molecule has 1 saturated heterocycles. The van der Waals surface area contributed by atoms with Gasteiger partial charge in [-0.2, -0.15) is 0 Å². The maximum atomic E-state index is 11.2. The number of nitrogens with zero attached hydrogens (tertiary/aromatic N) is 2. The van der Waals surface area contributed by atoms with Gasteiger partial charge in [-0.25, -0.2) is 0 Å². The summed E-state index contributed by atoms with van der Waals surface area (Å²) in [6.07, 6.45) is 1.88. The standard InChI is InChI=1S/C15H31N3O2/c1-5-18(6-2)13-7-9-17(11-13)10-8-14(15(19)20)16-12(3)4/h12-14,16H,5-11H2,1-4H3,(H,19,20). The SMILES string of the molecule is CCN(CC)C1CCN(CCC(NC(C)C)C(=O)O)C1. The molecule has 0 aromatic heterocycles. The van der Waals surface area contributed by atoms with E-state index in [9.17, 15) is 9.90 Å². The molecule has 1 heterocycles. The average Bonchev–Trinajstić information content (AvgIpc) is 2.84. The molecule has 1 aliphatic heterocycles. The van der Waals surface area contributed by atoms with Crippen LogP contribution >= 0.6 is 0 Å². The van der Waals surface area contributed by atoms with Crippen molar-refractivity contribution in [3.63, 3.8) is 0 Å². The van der Waals surface area contributed by atoms with E-state index < -0.39 is 12.0 Å². The van der Waals surface area contributed by atoms with Crippen LogP contribution < -0.4 is 5.32 Å². The Hall–Kier alpha value is -0.650. The number of carboxylic acid groups (broad SMARTS) is 1. The monoisotopic (exact) mass is 285 g/mol. The van der Waals surface area contributed by atoms with Crippen LogP contribution in [0.1, 0.15) is 40.5 Å². The Balaban J connectivity index is 2.37. The summed E-state index contributed by atoms with van der Waals surface area (Å²) in [4.78, 5) is 16.1. The van der Waals surface area contributed by atoms with Gasteiger partial charge in [0.2, 0.25) is 0 Å². The number of nitrogens with one attached hydrogen (secondary N) is 1. The summed E-state index contributed by atoms with van der Waals surface area (Å²) in [5, 5.41) is 12.3. The number of aliphatic carboxylic acids is 1. The number of hydrogen-bond acceptors (Lipinski definition) is 4. The minimum Gasteiger partial charge on any atom is -0.480 e. The zero-order chi connectivity index (χ0) is 15.1. The van der Waals surface area contributed by atoms with Crippen LogP contribution in [0, 0.1) is 0 Å². The predicted octanol–water partition coefficient (Wildman–Crippen LogP) is 1.24. The normalized spacial score (nSPS) is 21.8. The van der Waals surface area contributed by atoms with Crippen molar-refractivity contribution < 1.29 is 9.90 Å². The van der Waals surface area contributed by atoms with Gasteiger partial charge in [0.25, 0.3) is 0 Å². The van der Waals surface area contributed by atoms with E-state index in [4.69, 9.17) is 0 Å². The highest BCUT2D eigenvalue weighted by Gasteiger charge is 2.27. The van der Waals surface area contributed by atoms with E-state index in [0.29, 0.717) is 12.5 Å². The Morgan fingerprint density at radius 3 is 2.55 bits per heavy atom. The zero-order valence-electron chi connectivity index (χ0n) is 13.4. The van der Waals surface area contributed by atoms with Crippen LogP contribution in [0.2, 0.25) is 0 Å². The summed E-state index contributed by atoms with van der Waals surface area (Å²) in [5.41, 5.74) is 0. The molecule has 0 spiro atoms. The van der Waals surface area contributed by atoms with Gasteiger partial charge in [0.15, 0.2) is 0 Å². The van der Waals surface area contributed by atoms with E-state index in [-0.39, 0.29) is 6.04 Å². The molecule has 0 aromatic carbocycles. The molecule has 0 amide bonds. The van der Waals surface area contributed by atoms with Gasteiger partial charge in [-0.15, -0.1) is 0 Å². The van der Waals surface area contributed by atoms with Crippen molar-refractivity contribution in [2.45, 2.75) is 58.7 Å². The van der Waals surface area contributed by atoms with Gasteiger partial charge in [-0.05, 0) is 32.5 Å². The zero-order valence-corrected chi connectivity index (χ0v) is 13.4. The summed E-state index contributed by atoms with van der Waals surface area (Å²) in [7, 11) is 0. The first-order chi connectivity index (χ1) is 9.47. The first kappa shape index (κ1) is 17.4. The fourth-order valence-electron chi connectivity index (χ4n) is 3.05.